The number of carbonyl (C=O) groups is 3. The Bertz CT molecular complexity index is 696. The van der Waals surface area contributed by atoms with Gasteiger partial charge in [0.25, 0.3) is 0 Å². The quantitative estimate of drug-likeness (QED) is 0.409. The highest BCUT2D eigenvalue weighted by Crippen LogP contribution is 2.28. The summed E-state index contributed by atoms with van der Waals surface area (Å²) in [7, 11) is 0. The van der Waals surface area contributed by atoms with Gasteiger partial charge in [0.15, 0.2) is 5.78 Å². The number of H-pyrrole nitrogens is 1. The van der Waals surface area contributed by atoms with Crippen molar-refractivity contribution in [2.75, 3.05) is 5.32 Å². The average Bonchev–Trinajstić information content (AvgIpc) is 2.94. The molecule has 0 fully saturated rings. The van der Waals surface area contributed by atoms with Crippen LogP contribution in [0.3, 0.4) is 0 Å². The van der Waals surface area contributed by atoms with Crippen LogP contribution in [0.1, 0.15) is 34.3 Å². The van der Waals surface area contributed by atoms with Crippen molar-refractivity contribution in [1.82, 2.24) is 20.6 Å². The summed E-state index contributed by atoms with van der Waals surface area (Å²) >= 11 is 0. The fraction of sp³-hybridized carbons (Fsp3) is 0.167. The van der Waals surface area contributed by atoms with Gasteiger partial charge in [-0.05, 0) is 17.3 Å². The molecule has 0 aliphatic heterocycles. The molecule has 0 atom stereocenters. The van der Waals surface area contributed by atoms with E-state index in [1.165, 1.54) is 25.1 Å². The molecule has 0 unspecified atom stereocenters. The number of rotatable bonds is 5. The molecule has 0 aliphatic carbocycles. The third-order valence-electron chi connectivity index (χ3n) is 2.56. The topological polar surface area (TPSA) is 138 Å². The van der Waals surface area contributed by atoms with Crippen molar-refractivity contribution < 1.29 is 19.5 Å². The summed E-state index contributed by atoms with van der Waals surface area (Å²) in [5, 5.41) is 24.6. The van der Waals surface area contributed by atoms with Crippen LogP contribution in [0, 0.1) is 0 Å². The van der Waals surface area contributed by atoms with Crippen LogP contribution in [0.15, 0.2) is 18.2 Å². The minimum atomic E-state index is -0.627. The fourth-order valence-electron chi connectivity index (χ4n) is 1.66. The molecule has 0 saturated carbocycles. The molecule has 0 bridgehead atoms. The first-order valence-electron chi connectivity index (χ1n) is 5.88. The molecule has 2 rings (SSSR count). The van der Waals surface area contributed by atoms with Gasteiger partial charge >= 0.3 is 0 Å². The third-order valence-corrected chi connectivity index (χ3v) is 2.56. The van der Waals surface area contributed by atoms with Crippen LogP contribution in [0.4, 0.5) is 5.69 Å². The number of nitrogens with one attached hydrogen (secondary N) is 2. The van der Waals surface area contributed by atoms with Crippen molar-refractivity contribution in [2.24, 2.45) is 0 Å². The first-order valence-corrected chi connectivity index (χ1v) is 5.88. The summed E-state index contributed by atoms with van der Waals surface area (Å²) in [5.41, 5.74) is 0.0263. The van der Waals surface area contributed by atoms with Gasteiger partial charge in [0, 0.05) is 6.92 Å². The van der Waals surface area contributed by atoms with Gasteiger partial charge in [-0.25, -0.2) is 0 Å². The normalized spacial score (nSPS) is 10.1. The summed E-state index contributed by atoms with van der Waals surface area (Å²) in [4.78, 5) is 34.7. The molecule has 9 nitrogen and oxygen atoms in total. The maximum Gasteiger partial charge on any atom is 0.240 e. The molecule has 21 heavy (non-hydrogen) atoms. The zero-order valence-corrected chi connectivity index (χ0v) is 11.0. The second kappa shape index (κ2) is 5.90. The largest absolute Gasteiger partial charge is 0.505 e. The number of hydrogen-bond donors (Lipinski definition) is 3. The molecule has 0 spiro atoms. The second-order valence-corrected chi connectivity index (χ2v) is 4.14. The van der Waals surface area contributed by atoms with E-state index in [-0.39, 0.29) is 17.1 Å². The van der Waals surface area contributed by atoms with Gasteiger partial charge in [-0.3, -0.25) is 14.4 Å². The number of aromatic nitrogens is 4. The van der Waals surface area contributed by atoms with E-state index >= 15 is 0 Å². The summed E-state index contributed by atoms with van der Waals surface area (Å²) in [6, 6.07) is 4.28. The van der Waals surface area contributed by atoms with Gasteiger partial charge in [0.1, 0.15) is 5.75 Å². The van der Waals surface area contributed by atoms with Crippen LogP contribution >= 0.6 is 0 Å². The van der Waals surface area contributed by atoms with Crippen LogP contribution in [0.5, 0.6) is 5.75 Å². The van der Waals surface area contributed by atoms with E-state index in [2.05, 4.69) is 25.9 Å². The average molecular weight is 289 g/mol. The molecule has 2 aromatic rings. The lowest BCUT2D eigenvalue weighted by Gasteiger charge is -2.08. The minimum Gasteiger partial charge on any atom is -0.505 e. The van der Waals surface area contributed by atoms with Crippen LogP contribution in [0.2, 0.25) is 0 Å². The number of phenolic OH excluding ortho intramolecular Hbond substituents is 1. The van der Waals surface area contributed by atoms with E-state index in [9.17, 15) is 19.5 Å². The second-order valence-electron chi connectivity index (χ2n) is 4.14. The van der Waals surface area contributed by atoms with Gasteiger partial charge in [0.05, 0.1) is 17.7 Å². The Hall–Kier alpha value is -3.10. The molecule has 1 aromatic heterocycles. The van der Waals surface area contributed by atoms with E-state index in [1.807, 2.05) is 0 Å². The highest BCUT2D eigenvalue weighted by molar-refractivity contribution is 6.14. The predicted octanol–water partition coefficient (Wildman–Crippen LogP) is 0.319. The van der Waals surface area contributed by atoms with Gasteiger partial charge < -0.3 is 10.4 Å². The maximum atomic E-state index is 12.0. The molecule has 0 radical (unpaired) electrons. The number of benzene rings is 1. The SMILES string of the molecule is CC(=O)Nc1cccc(C(=O)CC(=O)c2nn[nH]n2)c1O. The number of aromatic hydroxyl groups is 1. The van der Waals surface area contributed by atoms with E-state index in [0.29, 0.717) is 0 Å². The number of nitrogens with zero attached hydrogens (tertiary/aromatic N) is 3. The molecule has 1 aromatic carbocycles. The van der Waals surface area contributed by atoms with Gasteiger partial charge in [-0.15, -0.1) is 10.2 Å². The third kappa shape index (κ3) is 3.26. The van der Waals surface area contributed by atoms with Crippen molar-refractivity contribution >= 4 is 23.2 Å². The smallest absolute Gasteiger partial charge is 0.240 e. The molecular formula is C12H11N5O4. The Balaban J connectivity index is 2.19. The first kappa shape index (κ1) is 14.3. The molecule has 0 aliphatic rings. The Morgan fingerprint density at radius 3 is 2.67 bits per heavy atom. The Kier molecular flexibility index (Phi) is 4.02. The lowest BCUT2D eigenvalue weighted by Crippen LogP contribution is -2.12. The number of anilines is 1. The predicted molar refractivity (Wildman–Crippen MR) is 69.9 cm³/mol. The lowest BCUT2D eigenvalue weighted by molar-refractivity contribution is -0.114. The number of hydrogen-bond acceptors (Lipinski definition) is 7. The standard InChI is InChI=1S/C12H11N5O4/c1-6(18)13-8-4-2-3-7(11(8)21)9(19)5-10(20)12-14-16-17-15-12/h2-4,21H,5H2,1H3,(H,13,18)(H,14,15,16,17). The van der Waals surface area contributed by atoms with Crippen molar-refractivity contribution in [3.63, 3.8) is 0 Å². The van der Waals surface area contributed by atoms with E-state index in [0.717, 1.165) is 0 Å². The van der Waals surface area contributed by atoms with Gasteiger partial charge in [0.2, 0.25) is 17.5 Å². The number of Topliss-reactive ketones (excluding diaryl/α,β-unsaturated/α-hetero) is 2. The molecule has 1 heterocycles. The summed E-state index contributed by atoms with van der Waals surface area (Å²) < 4.78 is 0. The van der Waals surface area contributed by atoms with Crippen molar-refractivity contribution in [3.8, 4) is 5.75 Å². The number of para-hydroxylation sites is 1. The summed E-state index contributed by atoms with van der Waals surface area (Å²) in [5.74, 6) is -2.23. The summed E-state index contributed by atoms with van der Waals surface area (Å²) in [6.45, 7) is 1.27. The van der Waals surface area contributed by atoms with Crippen molar-refractivity contribution in [3.05, 3.63) is 29.6 Å². The van der Waals surface area contributed by atoms with E-state index < -0.39 is 29.6 Å². The number of carbonyl (C=O) groups excluding carboxylic acids is 3. The highest BCUT2D eigenvalue weighted by atomic mass is 16.3. The van der Waals surface area contributed by atoms with E-state index in [1.54, 1.807) is 0 Å². The Labute approximate surface area is 118 Å². The molecule has 0 saturated heterocycles. The zero-order valence-electron chi connectivity index (χ0n) is 11.0. The molecule has 108 valence electrons. The van der Waals surface area contributed by atoms with Crippen LogP contribution in [0.25, 0.3) is 0 Å². The monoisotopic (exact) mass is 289 g/mol. The number of amides is 1. The van der Waals surface area contributed by atoms with Crippen molar-refractivity contribution in [2.45, 2.75) is 13.3 Å². The van der Waals surface area contributed by atoms with Crippen LogP contribution in [-0.2, 0) is 4.79 Å². The van der Waals surface area contributed by atoms with Crippen LogP contribution in [-0.4, -0.2) is 43.2 Å². The lowest BCUT2D eigenvalue weighted by atomic mass is 10.0. The number of aromatic amines is 1. The molecular weight excluding hydrogens is 278 g/mol. The number of phenols is 1. The fourth-order valence-corrected chi connectivity index (χ4v) is 1.66. The molecule has 3 N–H and O–H groups in total. The highest BCUT2D eigenvalue weighted by Gasteiger charge is 2.20. The molecule has 9 heteroatoms. The van der Waals surface area contributed by atoms with Crippen LogP contribution < -0.4 is 5.32 Å². The zero-order chi connectivity index (χ0) is 15.4. The Morgan fingerprint density at radius 1 is 1.29 bits per heavy atom. The van der Waals surface area contributed by atoms with Gasteiger partial charge in [-0.1, -0.05) is 6.07 Å². The maximum absolute atomic E-state index is 12.0. The van der Waals surface area contributed by atoms with Crippen molar-refractivity contribution in [1.29, 1.82) is 0 Å². The van der Waals surface area contributed by atoms with Gasteiger partial charge in [-0.2, -0.15) is 5.21 Å². The minimum absolute atomic E-state index is 0.0712. The summed E-state index contributed by atoms with van der Waals surface area (Å²) in [6.07, 6.45) is -0.517. The first-order chi connectivity index (χ1) is 9.99. The molecule has 1 amide bonds. The Morgan fingerprint density at radius 2 is 2.05 bits per heavy atom. The van der Waals surface area contributed by atoms with E-state index in [4.69, 9.17) is 0 Å². The number of ketones is 2. The number of tetrazole rings is 1.